The van der Waals surface area contributed by atoms with E-state index in [0.29, 0.717) is 11.1 Å². The Balaban J connectivity index is 2.08. The number of aryl methyl sites for hydroxylation is 1. The lowest BCUT2D eigenvalue weighted by Crippen LogP contribution is -2.01. The smallest absolute Gasteiger partial charge is 0.270 e. The van der Waals surface area contributed by atoms with Crippen LogP contribution in [0.2, 0.25) is 0 Å². The lowest BCUT2D eigenvalue weighted by Gasteiger charge is -2.08. The predicted octanol–water partition coefficient (Wildman–Crippen LogP) is 4.46. The fourth-order valence-corrected chi connectivity index (χ4v) is 2.89. The molecule has 0 saturated heterocycles. The minimum Gasteiger partial charge on any atom is -0.303 e. The van der Waals surface area contributed by atoms with Crippen LogP contribution in [-0.2, 0) is 0 Å². The molecule has 0 spiro atoms. The third-order valence-corrected chi connectivity index (χ3v) is 4.14. The summed E-state index contributed by atoms with van der Waals surface area (Å²) in [6, 6.07) is 15.9. The van der Waals surface area contributed by atoms with Crippen molar-refractivity contribution in [2.24, 2.45) is 0 Å². The highest BCUT2D eigenvalue weighted by Crippen LogP contribution is 2.26. The molecule has 0 amide bonds. The third kappa shape index (κ3) is 3.23. The largest absolute Gasteiger partial charge is 0.303 e. The van der Waals surface area contributed by atoms with Gasteiger partial charge in [-0.15, -0.1) is 0 Å². The van der Waals surface area contributed by atoms with Gasteiger partial charge in [0.25, 0.3) is 5.69 Å². The van der Waals surface area contributed by atoms with Gasteiger partial charge in [0.15, 0.2) is 0 Å². The van der Waals surface area contributed by atoms with Gasteiger partial charge in [0.2, 0.25) is 0 Å². The van der Waals surface area contributed by atoms with Gasteiger partial charge in [0, 0.05) is 29.7 Å². The number of pyridine rings is 1. The molecule has 0 saturated carbocycles. The van der Waals surface area contributed by atoms with Crippen LogP contribution in [0, 0.1) is 35.3 Å². The number of non-ortho nitro benzene ring substituents is 1. The van der Waals surface area contributed by atoms with Gasteiger partial charge in [0.05, 0.1) is 16.6 Å². The zero-order valence-corrected chi connectivity index (χ0v) is 14.4. The van der Waals surface area contributed by atoms with Gasteiger partial charge < -0.3 is 4.57 Å². The van der Waals surface area contributed by atoms with Crippen LogP contribution >= 0.6 is 0 Å². The van der Waals surface area contributed by atoms with Crippen LogP contribution in [0.3, 0.4) is 0 Å². The molecule has 0 atom stereocenters. The van der Waals surface area contributed by atoms with Crippen molar-refractivity contribution in [3.05, 3.63) is 87.4 Å². The second-order valence-corrected chi connectivity index (χ2v) is 5.83. The Bertz CT molecular complexity index is 1040. The van der Waals surface area contributed by atoms with Crippen LogP contribution in [0.25, 0.3) is 17.5 Å². The number of nitro benzene ring substituents is 1. The van der Waals surface area contributed by atoms with Crippen LogP contribution in [0.1, 0.15) is 22.5 Å². The Morgan fingerprint density at radius 1 is 1.23 bits per heavy atom. The first-order chi connectivity index (χ1) is 12.5. The number of hydrogen-bond acceptors (Lipinski definition) is 4. The van der Waals surface area contributed by atoms with E-state index in [9.17, 15) is 15.4 Å². The Morgan fingerprint density at radius 2 is 2.04 bits per heavy atom. The van der Waals surface area contributed by atoms with Gasteiger partial charge in [-0.05, 0) is 49.2 Å². The second-order valence-electron chi connectivity index (χ2n) is 5.83. The maximum absolute atomic E-state index is 11.0. The lowest BCUT2D eigenvalue weighted by molar-refractivity contribution is -0.384. The first-order valence-corrected chi connectivity index (χ1v) is 7.98. The van der Waals surface area contributed by atoms with Crippen molar-refractivity contribution < 1.29 is 4.92 Å². The van der Waals surface area contributed by atoms with E-state index >= 15 is 0 Å². The summed E-state index contributed by atoms with van der Waals surface area (Å²) in [6.45, 7) is 3.92. The van der Waals surface area contributed by atoms with Gasteiger partial charge >= 0.3 is 0 Å². The first-order valence-electron chi connectivity index (χ1n) is 7.98. The zero-order chi connectivity index (χ0) is 18.7. The standard InChI is InChI=1S/C20H16N4O2/c1-14-10-17(15(2)23(14)20-8-3-4-9-22-20)11-18(13-21)16-6-5-7-19(12-16)24(25)26/h3-12H,1-2H3. The van der Waals surface area contributed by atoms with Gasteiger partial charge in [-0.25, -0.2) is 4.98 Å². The summed E-state index contributed by atoms with van der Waals surface area (Å²) in [7, 11) is 0. The maximum Gasteiger partial charge on any atom is 0.270 e. The first kappa shape index (κ1) is 17.1. The Labute approximate surface area is 150 Å². The van der Waals surface area contributed by atoms with Gasteiger partial charge in [-0.1, -0.05) is 18.2 Å². The summed E-state index contributed by atoms with van der Waals surface area (Å²) in [5, 5.41) is 20.5. The molecular weight excluding hydrogens is 328 g/mol. The Morgan fingerprint density at radius 3 is 2.69 bits per heavy atom. The van der Waals surface area contributed by atoms with E-state index in [2.05, 4.69) is 11.1 Å². The minimum atomic E-state index is -0.467. The van der Waals surface area contributed by atoms with Crippen LogP contribution in [0.5, 0.6) is 0 Å². The maximum atomic E-state index is 11.0. The predicted molar refractivity (Wildman–Crippen MR) is 99.6 cm³/mol. The van der Waals surface area contributed by atoms with Crippen LogP contribution < -0.4 is 0 Å². The van der Waals surface area contributed by atoms with Crippen molar-refractivity contribution in [1.82, 2.24) is 9.55 Å². The molecule has 6 heteroatoms. The summed E-state index contributed by atoms with van der Waals surface area (Å²) >= 11 is 0. The van der Waals surface area contributed by atoms with Crippen molar-refractivity contribution in [3.63, 3.8) is 0 Å². The van der Waals surface area contributed by atoms with Crippen molar-refractivity contribution in [1.29, 1.82) is 5.26 Å². The fraction of sp³-hybridized carbons (Fsp3) is 0.100. The Kier molecular flexibility index (Phi) is 4.63. The summed E-state index contributed by atoms with van der Waals surface area (Å²) in [5.41, 5.74) is 3.65. The van der Waals surface area contributed by atoms with Gasteiger partial charge in [0.1, 0.15) is 5.82 Å². The average molecular weight is 344 g/mol. The quantitative estimate of drug-likeness (QED) is 0.397. The summed E-state index contributed by atoms with van der Waals surface area (Å²) in [5.74, 6) is 0.802. The molecule has 0 radical (unpaired) electrons. The number of benzene rings is 1. The number of hydrogen-bond donors (Lipinski definition) is 0. The SMILES string of the molecule is Cc1cc(C=C(C#N)c2cccc([N+](=O)[O-])c2)c(C)n1-c1ccccn1. The molecule has 2 aromatic heterocycles. The zero-order valence-electron chi connectivity index (χ0n) is 14.4. The molecule has 1 aromatic carbocycles. The highest BCUT2D eigenvalue weighted by molar-refractivity contribution is 5.90. The normalized spacial score (nSPS) is 11.2. The van der Waals surface area contributed by atoms with E-state index in [1.165, 1.54) is 12.1 Å². The van der Waals surface area contributed by atoms with E-state index < -0.39 is 4.92 Å². The molecule has 6 nitrogen and oxygen atoms in total. The number of aromatic nitrogens is 2. The van der Waals surface area contributed by atoms with E-state index in [-0.39, 0.29) is 5.69 Å². The molecule has 0 bridgehead atoms. The van der Waals surface area contributed by atoms with Crippen molar-refractivity contribution in [2.45, 2.75) is 13.8 Å². The van der Waals surface area contributed by atoms with Crippen molar-refractivity contribution in [2.75, 3.05) is 0 Å². The molecule has 0 unspecified atom stereocenters. The minimum absolute atomic E-state index is 0.0393. The molecule has 0 aliphatic carbocycles. The highest BCUT2D eigenvalue weighted by Gasteiger charge is 2.13. The molecule has 3 rings (SSSR count). The number of nitro groups is 1. The number of allylic oxidation sites excluding steroid dienone is 1. The van der Waals surface area contributed by atoms with E-state index in [4.69, 9.17) is 0 Å². The van der Waals surface area contributed by atoms with Crippen LogP contribution in [-0.4, -0.2) is 14.5 Å². The van der Waals surface area contributed by atoms with Gasteiger partial charge in [-0.2, -0.15) is 5.26 Å². The summed E-state index contributed by atoms with van der Waals surface area (Å²) < 4.78 is 2.01. The molecule has 2 heterocycles. The topological polar surface area (TPSA) is 84.7 Å². The van der Waals surface area contributed by atoms with E-state index in [1.54, 1.807) is 24.4 Å². The summed E-state index contributed by atoms with van der Waals surface area (Å²) in [6.07, 6.45) is 3.48. The second kappa shape index (κ2) is 7.03. The van der Waals surface area contributed by atoms with Crippen molar-refractivity contribution in [3.8, 4) is 11.9 Å². The molecule has 0 N–H and O–H groups in total. The van der Waals surface area contributed by atoms with E-state index in [0.717, 1.165) is 22.8 Å². The fourth-order valence-electron chi connectivity index (χ4n) is 2.89. The molecule has 128 valence electrons. The third-order valence-electron chi connectivity index (χ3n) is 4.14. The highest BCUT2D eigenvalue weighted by atomic mass is 16.6. The Hall–Kier alpha value is -3.72. The monoisotopic (exact) mass is 344 g/mol. The molecule has 26 heavy (non-hydrogen) atoms. The number of rotatable bonds is 4. The van der Waals surface area contributed by atoms with E-state index in [1.807, 2.05) is 42.7 Å². The molecular formula is C20H16N4O2. The molecule has 3 aromatic rings. The number of nitrogens with zero attached hydrogens (tertiary/aromatic N) is 4. The van der Waals surface area contributed by atoms with Crippen LogP contribution in [0.15, 0.2) is 54.7 Å². The summed E-state index contributed by atoms with van der Waals surface area (Å²) in [4.78, 5) is 14.9. The molecule has 0 aliphatic heterocycles. The van der Waals surface area contributed by atoms with Crippen LogP contribution in [0.4, 0.5) is 5.69 Å². The van der Waals surface area contributed by atoms with Crippen molar-refractivity contribution >= 4 is 17.3 Å². The number of nitriles is 1. The van der Waals surface area contributed by atoms with Gasteiger partial charge in [-0.3, -0.25) is 10.1 Å². The molecule has 0 fully saturated rings. The average Bonchev–Trinajstić information content (AvgIpc) is 2.93. The lowest BCUT2D eigenvalue weighted by atomic mass is 10.0. The molecule has 0 aliphatic rings.